The number of aromatic nitrogens is 2. The Labute approximate surface area is 186 Å². The fourth-order valence-electron chi connectivity index (χ4n) is 6.16. The van der Waals surface area contributed by atoms with E-state index in [2.05, 4.69) is 20.8 Å². The molecule has 4 aliphatic carbocycles. The molecule has 2 aromatic rings. The van der Waals surface area contributed by atoms with Gasteiger partial charge in [0.15, 0.2) is 0 Å². The molecule has 8 heteroatoms. The van der Waals surface area contributed by atoms with Gasteiger partial charge in [0.05, 0.1) is 13.2 Å². The standard InChI is InChI=1S/C23H28N4O3S/c1-2-30-18-5-3-17(4-6-18)20(29)24-13-19(28)25-22-27-26-21(31-22)23-10-14-7-15(11-23)9-16(8-14)12-23/h3-6,14-16H,2,7-13H2,1H3,(H,24,29)(H,25,27,28). The van der Waals surface area contributed by atoms with Crippen molar-refractivity contribution in [2.45, 2.75) is 50.9 Å². The molecule has 0 unspecified atom stereocenters. The number of nitrogens with one attached hydrogen (secondary N) is 2. The highest BCUT2D eigenvalue weighted by molar-refractivity contribution is 7.15. The molecule has 0 spiro atoms. The topological polar surface area (TPSA) is 93.2 Å². The van der Waals surface area contributed by atoms with Gasteiger partial charge in [-0.15, -0.1) is 10.2 Å². The summed E-state index contributed by atoms with van der Waals surface area (Å²) in [5.74, 6) is 2.63. The van der Waals surface area contributed by atoms with Crippen molar-refractivity contribution in [3.8, 4) is 5.75 Å². The van der Waals surface area contributed by atoms with E-state index in [9.17, 15) is 9.59 Å². The van der Waals surface area contributed by atoms with Crippen LogP contribution in [0.5, 0.6) is 5.75 Å². The molecule has 2 amide bonds. The molecule has 4 fully saturated rings. The molecule has 4 aliphatic rings. The molecule has 0 radical (unpaired) electrons. The fraction of sp³-hybridized carbons (Fsp3) is 0.565. The highest BCUT2D eigenvalue weighted by Crippen LogP contribution is 2.61. The predicted molar refractivity (Wildman–Crippen MR) is 118 cm³/mol. The Morgan fingerprint density at radius 3 is 2.32 bits per heavy atom. The normalized spacial score (nSPS) is 28.4. The lowest BCUT2D eigenvalue weighted by atomic mass is 9.50. The van der Waals surface area contributed by atoms with Gasteiger partial charge in [0.25, 0.3) is 5.91 Å². The van der Waals surface area contributed by atoms with E-state index in [1.165, 1.54) is 49.9 Å². The number of carbonyl (C=O) groups is 2. The summed E-state index contributed by atoms with van der Waals surface area (Å²) in [6.07, 6.45) is 7.82. The lowest BCUT2D eigenvalue weighted by Crippen LogP contribution is -2.48. The summed E-state index contributed by atoms with van der Waals surface area (Å²) in [5, 5.41) is 15.8. The third kappa shape index (κ3) is 4.18. The van der Waals surface area contributed by atoms with Gasteiger partial charge in [-0.05, 0) is 87.5 Å². The van der Waals surface area contributed by atoms with E-state index in [1.54, 1.807) is 24.3 Å². The molecule has 2 N–H and O–H groups in total. The molecule has 0 aliphatic heterocycles. The van der Waals surface area contributed by atoms with Gasteiger partial charge in [0, 0.05) is 11.0 Å². The molecule has 6 rings (SSSR count). The molecular weight excluding hydrogens is 412 g/mol. The Hall–Kier alpha value is -2.48. The fourth-order valence-corrected chi connectivity index (χ4v) is 7.13. The molecule has 4 bridgehead atoms. The first-order valence-corrected chi connectivity index (χ1v) is 12.0. The van der Waals surface area contributed by atoms with Gasteiger partial charge in [-0.1, -0.05) is 11.3 Å². The van der Waals surface area contributed by atoms with Crippen LogP contribution in [-0.4, -0.2) is 35.2 Å². The van der Waals surface area contributed by atoms with E-state index < -0.39 is 0 Å². The zero-order valence-electron chi connectivity index (χ0n) is 17.7. The molecule has 1 heterocycles. The monoisotopic (exact) mass is 440 g/mol. The second kappa shape index (κ2) is 8.22. The van der Waals surface area contributed by atoms with Crippen molar-refractivity contribution < 1.29 is 14.3 Å². The number of amides is 2. The number of carbonyl (C=O) groups excluding carboxylic acids is 2. The van der Waals surface area contributed by atoms with Gasteiger partial charge in [-0.25, -0.2) is 0 Å². The van der Waals surface area contributed by atoms with Crippen LogP contribution in [0.3, 0.4) is 0 Å². The van der Waals surface area contributed by atoms with Crippen molar-refractivity contribution in [2.75, 3.05) is 18.5 Å². The largest absolute Gasteiger partial charge is 0.494 e. The van der Waals surface area contributed by atoms with Crippen LogP contribution in [0.4, 0.5) is 5.13 Å². The van der Waals surface area contributed by atoms with Crippen LogP contribution in [0.2, 0.25) is 0 Å². The van der Waals surface area contributed by atoms with Gasteiger partial charge < -0.3 is 10.1 Å². The van der Waals surface area contributed by atoms with Gasteiger partial charge in [0.2, 0.25) is 11.0 Å². The Bertz CT molecular complexity index is 936. The summed E-state index contributed by atoms with van der Waals surface area (Å²) < 4.78 is 5.38. The van der Waals surface area contributed by atoms with Crippen LogP contribution in [0, 0.1) is 17.8 Å². The quantitative estimate of drug-likeness (QED) is 0.684. The summed E-state index contributed by atoms with van der Waals surface area (Å²) in [7, 11) is 0. The van der Waals surface area contributed by atoms with Crippen molar-refractivity contribution in [2.24, 2.45) is 17.8 Å². The molecule has 4 saturated carbocycles. The van der Waals surface area contributed by atoms with Crippen molar-refractivity contribution in [3.63, 3.8) is 0 Å². The predicted octanol–water partition coefficient (Wildman–Crippen LogP) is 3.77. The summed E-state index contributed by atoms with van der Waals surface area (Å²) in [4.78, 5) is 24.6. The van der Waals surface area contributed by atoms with Crippen LogP contribution < -0.4 is 15.4 Å². The van der Waals surface area contributed by atoms with E-state index in [0.29, 0.717) is 23.1 Å². The number of hydrogen-bond acceptors (Lipinski definition) is 6. The summed E-state index contributed by atoms with van der Waals surface area (Å²) in [5.41, 5.74) is 0.660. The maximum absolute atomic E-state index is 12.3. The van der Waals surface area contributed by atoms with E-state index >= 15 is 0 Å². The number of rotatable bonds is 7. The third-order valence-corrected chi connectivity index (χ3v) is 8.09. The number of nitrogens with zero attached hydrogens (tertiary/aromatic N) is 2. The maximum atomic E-state index is 12.3. The molecule has 31 heavy (non-hydrogen) atoms. The minimum Gasteiger partial charge on any atom is -0.494 e. The smallest absolute Gasteiger partial charge is 0.251 e. The molecule has 1 aromatic carbocycles. The van der Waals surface area contributed by atoms with Gasteiger partial charge >= 0.3 is 0 Å². The molecule has 164 valence electrons. The summed E-state index contributed by atoms with van der Waals surface area (Å²) >= 11 is 1.51. The Morgan fingerprint density at radius 1 is 1.06 bits per heavy atom. The van der Waals surface area contributed by atoms with Crippen LogP contribution in [0.1, 0.15) is 60.8 Å². The second-order valence-corrected chi connectivity index (χ2v) is 10.3. The van der Waals surface area contributed by atoms with Crippen molar-refractivity contribution in [1.29, 1.82) is 0 Å². The number of hydrogen-bond donors (Lipinski definition) is 2. The Kier molecular flexibility index (Phi) is 5.42. The molecule has 1 aromatic heterocycles. The zero-order chi connectivity index (χ0) is 21.4. The average molecular weight is 441 g/mol. The van der Waals surface area contributed by atoms with E-state index in [-0.39, 0.29) is 23.8 Å². The van der Waals surface area contributed by atoms with Gasteiger partial charge in [-0.3, -0.25) is 14.9 Å². The van der Waals surface area contributed by atoms with Crippen LogP contribution in [0.15, 0.2) is 24.3 Å². The lowest BCUT2D eigenvalue weighted by molar-refractivity contribution is -0.115. The van der Waals surface area contributed by atoms with Crippen molar-refractivity contribution in [1.82, 2.24) is 15.5 Å². The number of ether oxygens (including phenoxy) is 1. The Morgan fingerprint density at radius 2 is 1.71 bits per heavy atom. The summed E-state index contributed by atoms with van der Waals surface area (Å²) in [6, 6.07) is 6.85. The van der Waals surface area contributed by atoms with E-state index in [0.717, 1.165) is 22.8 Å². The molecule has 7 nitrogen and oxygen atoms in total. The van der Waals surface area contributed by atoms with Crippen molar-refractivity contribution >= 4 is 28.3 Å². The first-order valence-electron chi connectivity index (χ1n) is 11.2. The van der Waals surface area contributed by atoms with E-state index in [1.807, 2.05) is 6.92 Å². The van der Waals surface area contributed by atoms with Crippen molar-refractivity contribution in [3.05, 3.63) is 34.8 Å². The van der Waals surface area contributed by atoms with Crippen LogP contribution in [-0.2, 0) is 10.2 Å². The highest BCUT2D eigenvalue weighted by Gasteiger charge is 2.53. The third-order valence-electron chi connectivity index (χ3n) is 7.00. The molecule has 0 saturated heterocycles. The number of benzene rings is 1. The van der Waals surface area contributed by atoms with Crippen LogP contribution >= 0.6 is 11.3 Å². The van der Waals surface area contributed by atoms with Gasteiger partial charge in [-0.2, -0.15) is 0 Å². The van der Waals surface area contributed by atoms with Crippen LogP contribution in [0.25, 0.3) is 0 Å². The zero-order valence-corrected chi connectivity index (χ0v) is 18.5. The maximum Gasteiger partial charge on any atom is 0.251 e. The minimum absolute atomic E-state index is 0.113. The Balaban J connectivity index is 1.16. The first-order chi connectivity index (χ1) is 15.0. The van der Waals surface area contributed by atoms with E-state index in [4.69, 9.17) is 4.74 Å². The number of anilines is 1. The first kappa shape index (κ1) is 20.4. The second-order valence-electron chi connectivity index (χ2n) is 9.30. The molecule has 0 atom stereocenters. The highest BCUT2D eigenvalue weighted by atomic mass is 32.1. The lowest BCUT2D eigenvalue weighted by Gasteiger charge is -2.55. The summed E-state index contributed by atoms with van der Waals surface area (Å²) in [6.45, 7) is 2.36. The minimum atomic E-state index is -0.301. The SMILES string of the molecule is CCOc1ccc(C(=O)NCC(=O)Nc2nnc(C34CC5CC(CC(C5)C3)C4)s2)cc1. The average Bonchev–Trinajstić information content (AvgIpc) is 3.21. The van der Waals surface area contributed by atoms with Gasteiger partial charge in [0.1, 0.15) is 10.8 Å². The molecular formula is C23H28N4O3S.